The number of nitrogens with zero attached hydrogens (tertiary/aromatic N) is 1. The number of rotatable bonds is 7. The number of nitrogens with one attached hydrogen (secondary N) is 2. The topological polar surface area (TPSA) is 64.1 Å². The second-order valence-corrected chi connectivity index (χ2v) is 5.48. The zero-order chi connectivity index (χ0) is 15.8. The third-order valence-corrected chi connectivity index (χ3v) is 3.58. The van der Waals surface area contributed by atoms with Gasteiger partial charge in [-0.05, 0) is 47.5 Å². The number of guanidine groups is 1. The minimum Gasteiger partial charge on any atom is -0.454 e. The monoisotopic (exact) mass is 499 g/mol. The fraction of sp³-hybridized carbons (Fsp3) is 0.533. The summed E-state index contributed by atoms with van der Waals surface area (Å²) in [5.74, 6) is 2.29. The van der Waals surface area contributed by atoms with Crippen molar-refractivity contribution in [1.29, 1.82) is 0 Å². The number of halogens is 2. The fourth-order valence-electron chi connectivity index (χ4n) is 2.01. The highest BCUT2D eigenvalue weighted by molar-refractivity contribution is 14.0. The Labute approximate surface area is 162 Å². The zero-order valence-electron chi connectivity index (χ0n) is 13.4. The van der Waals surface area contributed by atoms with Gasteiger partial charge in [-0.3, -0.25) is 0 Å². The number of fused-ring (bicyclic) bond motifs is 1. The second-order valence-electron chi connectivity index (χ2n) is 4.63. The maximum atomic E-state index is 5.42. The molecule has 6 nitrogen and oxygen atoms in total. The van der Waals surface area contributed by atoms with E-state index in [9.17, 15) is 0 Å². The van der Waals surface area contributed by atoms with Crippen LogP contribution in [0.25, 0.3) is 0 Å². The van der Waals surface area contributed by atoms with Crippen LogP contribution < -0.4 is 20.1 Å². The van der Waals surface area contributed by atoms with Gasteiger partial charge in [-0.25, -0.2) is 4.99 Å². The average molecular weight is 500 g/mol. The first-order valence-corrected chi connectivity index (χ1v) is 8.21. The van der Waals surface area contributed by atoms with Crippen LogP contribution in [0.3, 0.4) is 0 Å². The molecule has 0 aliphatic carbocycles. The van der Waals surface area contributed by atoms with Crippen LogP contribution in [-0.4, -0.2) is 39.1 Å². The predicted molar refractivity (Wildman–Crippen MR) is 105 cm³/mol. The predicted octanol–water partition coefficient (Wildman–Crippen LogP) is 2.89. The van der Waals surface area contributed by atoms with Crippen molar-refractivity contribution in [3.63, 3.8) is 0 Å². The number of hydrogen-bond donors (Lipinski definition) is 2. The van der Waals surface area contributed by atoms with E-state index >= 15 is 0 Å². The molecule has 0 radical (unpaired) electrons. The highest BCUT2D eigenvalue weighted by atomic mass is 127. The lowest BCUT2D eigenvalue weighted by Gasteiger charge is -2.11. The Morgan fingerprint density at radius 1 is 1.30 bits per heavy atom. The Bertz CT molecular complexity index is 529. The van der Waals surface area contributed by atoms with Gasteiger partial charge in [0, 0.05) is 19.7 Å². The van der Waals surface area contributed by atoms with Crippen LogP contribution in [0.2, 0.25) is 0 Å². The molecule has 2 rings (SSSR count). The van der Waals surface area contributed by atoms with Crippen molar-refractivity contribution in [2.24, 2.45) is 4.99 Å². The highest BCUT2D eigenvalue weighted by Gasteiger charge is 2.17. The Morgan fingerprint density at radius 3 is 2.87 bits per heavy atom. The molecule has 0 aromatic heterocycles. The molecule has 8 heteroatoms. The first-order chi connectivity index (χ1) is 10.7. The van der Waals surface area contributed by atoms with E-state index < -0.39 is 0 Å². The van der Waals surface area contributed by atoms with Crippen molar-refractivity contribution >= 4 is 45.9 Å². The molecule has 1 aliphatic rings. The summed E-state index contributed by atoms with van der Waals surface area (Å²) in [6.07, 6.45) is 0. The summed E-state index contributed by atoms with van der Waals surface area (Å²) in [5, 5.41) is 6.45. The summed E-state index contributed by atoms with van der Waals surface area (Å²) in [4.78, 5) is 4.57. The van der Waals surface area contributed by atoms with Crippen LogP contribution in [0.15, 0.2) is 21.6 Å². The molecule has 0 saturated carbocycles. The molecule has 0 fully saturated rings. The van der Waals surface area contributed by atoms with Gasteiger partial charge in [0.2, 0.25) is 6.79 Å². The van der Waals surface area contributed by atoms with E-state index in [0.717, 1.165) is 47.2 Å². The van der Waals surface area contributed by atoms with Crippen molar-refractivity contribution < 1.29 is 14.2 Å². The van der Waals surface area contributed by atoms with Crippen LogP contribution in [0.4, 0.5) is 0 Å². The number of ether oxygens (including phenoxy) is 3. The summed E-state index contributed by atoms with van der Waals surface area (Å²) in [7, 11) is 0. The van der Waals surface area contributed by atoms with E-state index in [0.29, 0.717) is 13.2 Å². The largest absolute Gasteiger partial charge is 0.454 e. The number of hydrogen-bond acceptors (Lipinski definition) is 4. The Kier molecular flexibility index (Phi) is 9.65. The summed E-state index contributed by atoms with van der Waals surface area (Å²) < 4.78 is 17.0. The van der Waals surface area contributed by atoms with Crippen LogP contribution >= 0.6 is 39.9 Å². The molecule has 1 aromatic carbocycles. The SMILES string of the molecule is CCNC(=NCc1cc(Br)c2c(c1)OCO2)NCCOCC.I. The van der Waals surface area contributed by atoms with E-state index in [4.69, 9.17) is 14.2 Å². The number of aliphatic imine (C=N–C) groups is 1. The van der Waals surface area contributed by atoms with Crippen LogP contribution in [0.1, 0.15) is 19.4 Å². The molecule has 1 aliphatic heterocycles. The van der Waals surface area contributed by atoms with Crippen molar-refractivity contribution in [1.82, 2.24) is 10.6 Å². The third kappa shape index (κ3) is 6.34. The molecule has 2 N–H and O–H groups in total. The summed E-state index contributed by atoms with van der Waals surface area (Å²) in [6.45, 7) is 7.77. The molecule has 0 atom stereocenters. The van der Waals surface area contributed by atoms with E-state index in [-0.39, 0.29) is 30.8 Å². The fourth-order valence-corrected chi connectivity index (χ4v) is 2.61. The Morgan fingerprint density at radius 2 is 2.13 bits per heavy atom. The lowest BCUT2D eigenvalue weighted by Crippen LogP contribution is -2.39. The van der Waals surface area contributed by atoms with Gasteiger partial charge in [0.1, 0.15) is 0 Å². The molecule has 23 heavy (non-hydrogen) atoms. The van der Waals surface area contributed by atoms with Gasteiger partial charge in [-0.15, -0.1) is 24.0 Å². The standard InChI is InChI=1S/C15H22BrN3O3.HI/c1-3-17-15(18-5-6-20-4-2)19-9-11-7-12(16)14-13(8-11)21-10-22-14;/h7-8H,3-6,9-10H2,1-2H3,(H2,17,18,19);1H. The maximum Gasteiger partial charge on any atom is 0.231 e. The van der Waals surface area contributed by atoms with Crippen molar-refractivity contribution in [2.45, 2.75) is 20.4 Å². The Hall–Kier alpha value is -0.740. The molecule has 0 bridgehead atoms. The van der Waals surface area contributed by atoms with Crippen LogP contribution in [0.5, 0.6) is 11.5 Å². The molecule has 1 aromatic rings. The molecular weight excluding hydrogens is 477 g/mol. The van der Waals surface area contributed by atoms with Crippen LogP contribution in [0, 0.1) is 0 Å². The van der Waals surface area contributed by atoms with E-state index in [1.807, 2.05) is 26.0 Å². The number of benzene rings is 1. The van der Waals surface area contributed by atoms with Gasteiger partial charge >= 0.3 is 0 Å². The molecule has 130 valence electrons. The normalized spacial score (nSPS) is 12.7. The molecule has 0 saturated heterocycles. The van der Waals surface area contributed by atoms with E-state index in [1.165, 1.54) is 0 Å². The molecule has 0 amide bonds. The van der Waals surface area contributed by atoms with Gasteiger partial charge < -0.3 is 24.8 Å². The quantitative estimate of drug-likeness (QED) is 0.261. The first-order valence-electron chi connectivity index (χ1n) is 7.42. The van der Waals surface area contributed by atoms with Gasteiger partial charge in [0.25, 0.3) is 0 Å². The second kappa shape index (κ2) is 10.9. The van der Waals surface area contributed by atoms with Crippen molar-refractivity contribution in [3.8, 4) is 11.5 Å². The minimum absolute atomic E-state index is 0. The zero-order valence-corrected chi connectivity index (χ0v) is 17.3. The van der Waals surface area contributed by atoms with Gasteiger partial charge in [-0.2, -0.15) is 0 Å². The van der Waals surface area contributed by atoms with Gasteiger partial charge in [0.05, 0.1) is 17.6 Å². The molecule has 0 unspecified atom stereocenters. The molecule has 0 spiro atoms. The highest BCUT2D eigenvalue weighted by Crippen LogP contribution is 2.40. The van der Waals surface area contributed by atoms with Gasteiger partial charge in [0.15, 0.2) is 17.5 Å². The van der Waals surface area contributed by atoms with Crippen molar-refractivity contribution in [2.75, 3.05) is 33.1 Å². The molecule has 1 heterocycles. The average Bonchev–Trinajstić information content (AvgIpc) is 2.98. The summed E-state index contributed by atoms with van der Waals surface area (Å²) in [6, 6.07) is 3.96. The first kappa shape index (κ1) is 20.3. The Balaban J connectivity index is 0.00000264. The third-order valence-electron chi connectivity index (χ3n) is 2.99. The lowest BCUT2D eigenvalue weighted by atomic mass is 10.2. The van der Waals surface area contributed by atoms with Crippen molar-refractivity contribution in [3.05, 3.63) is 22.2 Å². The van der Waals surface area contributed by atoms with E-state index in [1.54, 1.807) is 0 Å². The van der Waals surface area contributed by atoms with Gasteiger partial charge in [-0.1, -0.05) is 0 Å². The maximum absolute atomic E-state index is 5.42. The summed E-state index contributed by atoms with van der Waals surface area (Å²) in [5.41, 5.74) is 1.05. The molecular formula is C15H23BrIN3O3. The van der Waals surface area contributed by atoms with Crippen LogP contribution in [-0.2, 0) is 11.3 Å². The smallest absolute Gasteiger partial charge is 0.231 e. The summed E-state index contributed by atoms with van der Waals surface area (Å²) >= 11 is 3.49. The van der Waals surface area contributed by atoms with E-state index in [2.05, 4.69) is 31.6 Å². The minimum atomic E-state index is 0. The lowest BCUT2D eigenvalue weighted by molar-refractivity contribution is 0.152.